The van der Waals surface area contributed by atoms with Crippen molar-refractivity contribution >= 4 is 0 Å². The van der Waals surface area contributed by atoms with Gasteiger partial charge in [0.1, 0.15) is 5.75 Å². The summed E-state index contributed by atoms with van der Waals surface area (Å²) < 4.78 is 47.8. The second-order valence-electron chi connectivity index (χ2n) is 6.30. The number of alkyl halides is 3. The molecule has 0 amide bonds. The van der Waals surface area contributed by atoms with Crippen LogP contribution in [0.15, 0.2) is 51.8 Å². The van der Waals surface area contributed by atoms with E-state index in [1.807, 2.05) is 0 Å². The van der Waals surface area contributed by atoms with E-state index in [1.165, 1.54) is 35.0 Å². The number of halogens is 3. The highest BCUT2D eigenvalue weighted by molar-refractivity contribution is 5.51. The summed E-state index contributed by atoms with van der Waals surface area (Å²) in [4.78, 5) is 12.3. The SMILES string of the molecule is O=c1cc(-c2nnc(C3CC3)o2)ccn1Cc1cccc(OC(F)(F)F)c1. The van der Waals surface area contributed by atoms with Gasteiger partial charge in [-0.3, -0.25) is 4.79 Å². The maximum atomic E-state index is 12.3. The van der Waals surface area contributed by atoms with Crippen molar-refractivity contribution in [1.82, 2.24) is 14.8 Å². The average molecular weight is 377 g/mol. The summed E-state index contributed by atoms with van der Waals surface area (Å²) in [7, 11) is 0. The van der Waals surface area contributed by atoms with Gasteiger partial charge >= 0.3 is 6.36 Å². The molecule has 0 saturated heterocycles. The van der Waals surface area contributed by atoms with E-state index in [4.69, 9.17) is 4.42 Å². The van der Waals surface area contributed by atoms with Crippen molar-refractivity contribution in [3.8, 4) is 17.2 Å². The molecule has 0 atom stereocenters. The molecule has 0 spiro atoms. The summed E-state index contributed by atoms with van der Waals surface area (Å²) in [5, 5.41) is 7.94. The predicted octanol–water partition coefficient (Wildman–Crippen LogP) is 3.72. The summed E-state index contributed by atoms with van der Waals surface area (Å²) in [6.07, 6.45) is -1.17. The van der Waals surface area contributed by atoms with E-state index in [0.717, 1.165) is 12.8 Å². The largest absolute Gasteiger partial charge is 0.573 e. The van der Waals surface area contributed by atoms with Crippen LogP contribution in [0.2, 0.25) is 0 Å². The van der Waals surface area contributed by atoms with Gasteiger partial charge in [0, 0.05) is 23.7 Å². The third-order valence-corrected chi connectivity index (χ3v) is 4.10. The molecule has 0 bridgehead atoms. The molecule has 0 unspecified atom stereocenters. The first-order chi connectivity index (χ1) is 12.9. The monoisotopic (exact) mass is 377 g/mol. The minimum Gasteiger partial charge on any atom is -0.420 e. The lowest BCUT2D eigenvalue weighted by Gasteiger charge is -2.11. The van der Waals surface area contributed by atoms with Crippen LogP contribution in [-0.2, 0) is 6.54 Å². The van der Waals surface area contributed by atoms with E-state index >= 15 is 0 Å². The minimum atomic E-state index is -4.76. The average Bonchev–Trinajstić information content (AvgIpc) is 3.33. The smallest absolute Gasteiger partial charge is 0.420 e. The maximum absolute atomic E-state index is 12.3. The number of hydrogen-bond acceptors (Lipinski definition) is 5. The summed E-state index contributed by atoms with van der Waals surface area (Å²) >= 11 is 0. The molecule has 1 aromatic carbocycles. The van der Waals surface area contributed by atoms with E-state index < -0.39 is 6.36 Å². The highest BCUT2D eigenvalue weighted by Crippen LogP contribution is 2.39. The molecular formula is C18H14F3N3O3. The lowest BCUT2D eigenvalue weighted by molar-refractivity contribution is -0.274. The van der Waals surface area contributed by atoms with Gasteiger partial charge in [0.05, 0.1) is 6.54 Å². The molecule has 27 heavy (non-hydrogen) atoms. The van der Waals surface area contributed by atoms with Crippen LogP contribution < -0.4 is 10.3 Å². The highest BCUT2D eigenvalue weighted by Gasteiger charge is 2.31. The summed E-state index contributed by atoms with van der Waals surface area (Å²) in [5.74, 6) is 0.846. The molecule has 2 heterocycles. The van der Waals surface area contributed by atoms with Gasteiger partial charge in [-0.15, -0.1) is 23.4 Å². The Morgan fingerprint density at radius 2 is 2.00 bits per heavy atom. The molecule has 1 aliphatic rings. The Kier molecular flexibility index (Phi) is 4.21. The van der Waals surface area contributed by atoms with Crippen LogP contribution in [0.3, 0.4) is 0 Å². The van der Waals surface area contributed by atoms with Crippen LogP contribution in [0.1, 0.15) is 30.2 Å². The number of hydrogen-bond donors (Lipinski definition) is 0. The zero-order chi connectivity index (χ0) is 19.0. The lowest BCUT2D eigenvalue weighted by Crippen LogP contribution is -2.20. The Balaban J connectivity index is 1.53. The molecular weight excluding hydrogens is 363 g/mol. The number of pyridine rings is 1. The van der Waals surface area contributed by atoms with Crippen molar-refractivity contribution in [3.05, 3.63) is 64.4 Å². The van der Waals surface area contributed by atoms with Crippen molar-refractivity contribution in [2.75, 3.05) is 0 Å². The zero-order valence-electron chi connectivity index (χ0n) is 13.9. The fourth-order valence-electron chi connectivity index (χ4n) is 2.66. The Morgan fingerprint density at radius 1 is 1.19 bits per heavy atom. The first-order valence-corrected chi connectivity index (χ1v) is 8.26. The first kappa shape index (κ1) is 17.3. The molecule has 1 fully saturated rings. The molecule has 140 valence electrons. The normalized spacial score (nSPS) is 14.3. The minimum absolute atomic E-state index is 0.103. The fourth-order valence-corrected chi connectivity index (χ4v) is 2.66. The van der Waals surface area contributed by atoms with Crippen LogP contribution in [0.5, 0.6) is 5.75 Å². The number of rotatable bonds is 5. The Morgan fingerprint density at radius 3 is 2.70 bits per heavy atom. The Bertz CT molecular complexity index is 1020. The van der Waals surface area contributed by atoms with Gasteiger partial charge in [-0.25, -0.2) is 0 Å². The van der Waals surface area contributed by atoms with E-state index in [9.17, 15) is 18.0 Å². The molecule has 0 aliphatic heterocycles. The van der Waals surface area contributed by atoms with Crippen LogP contribution in [0.25, 0.3) is 11.5 Å². The number of benzene rings is 1. The van der Waals surface area contributed by atoms with Crippen LogP contribution in [0, 0.1) is 0 Å². The van der Waals surface area contributed by atoms with Crippen LogP contribution >= 0.6 is 0 Å². The molecule has 4 rings (SSSR count). The van der Waals surface area contributed by atoms with Gasteiger partial charge in [-0.1, -0.05) is 12.1 Å². The molecule has 0 radical (unpaired) electrons. The summed E-state index contributed by atoms with van der Waals surface area (Å²) in [6.45, 7) is 0.103. The number of ether oxygens (including phenoxy) is 1. The Hall–Kier alpha value is -3.10. The zero-order valence-corrected chi connectivity index (χ0v) is 13.9. The van der Waals surface area contributed by atoms with Crippen molar-refractivity contribution in [2.45, 2.75) is 31.7 Å². The van der Waals surface area contributed by atoms with Gasteiger partial charge < -0.3 is 13.7 Å². The lowest BCUT2D eigenvalue weighted by atomic mass is 10.2. The van der Waals surface area contributed by atoms with E-state index in [1.54, 1.807) is 12.1 Å². The van der Waals surface area contributed by atoms with E-state index in [0.29, 0.717) is 22.9 Å². The predicted molar refractivity (Wildman–Crippen MR) is 88.2 cm³/mol. The van der Waals surface area contributed by atoms with Crippen molar-refractivity contribution in [3.63, 3.8) is 0 Å². The molecule has 3 aromatic rings. The molecule has 2 aromatic heterocycles. The van der Waals surface area contributed by atoms with Crippen LogP contribution in [0.4, 0.5) is 13.2 Å². The highest BCUT2D eigenvalue weighted by atomic mass is 19.4. The van der Waals surface area contributed by atoms with Crippen molar-refractivity contribution < 1.29 is 22.3 Å². The quantitative estimate of drug-likeness (QED) is 0.678. The number of nitrogens with zero attached hydrogens (tertiary/aromatic N) is 3. The molecule has 1 aliphatic carbocycles. The molecule has 0 N–H and O–H groups in total. The molecule has 6 nitrogen and oxygen atoms in total. The summed E-state index contributed by atoms with van der Waals surface area (Å²) in [5.41, 5.74) is 0.672. The second kappa shape index (κ2) is 6.57. The summed E-state index contributed by atoms with van der Waals surface area (Å²) in [6, 6.07) is 8.52. The van der Waals surface area contributed by atoms with Gasteiger partial charge in [0.15, 0.2) is 0 Å². The van der Waals surface area contributed by atoms with Crippen molar-refractivity contribution in [1.29, 1.82) is 0 Å². The molecule has 9 heteroatoms. The maximum Gasteiger partial charge on any atom is 0.573 e. The number of aromatic nitrogens is 3. The second-order valence-corrected chi connectivity index (χ2v) is 6.30. The van der Waals surface area contributed by atoms with E-state index in [2.05, 4.69) is 14.9 Å². The van der Waals surface area contributed by atoms with Gasteiger partial charge in [-0.05, 0) is 36.6 Å². The van der Waals surface area contributed by atoms with Crippen molar-refractivity contribution in [2.24, 2.45) is 0 Å². The standard InChI is InChI=1S/C18H14F3N3O3/c19-18(20,21)27-14-3-1-2-11(8-14)10-24-7-6-13(9-15(24)25)17-23-22-16(26-17)12-4-5-12/h1-3,6-9,12H,4-5,10H2. The van der Waals surface area contributed by atoms with Gasteiger partial charge in [0.25, 0.3) is 5.56 Å². The van der Waals surface area contributed by atoms with Gasteiger partial charge in [0.2, 0.25) is 11.8 Å². The third-order valence-electron chi connectivity index (χ3n) is 4.10. The topological polar surface area (TPSA) is 70.2 Å². The van der Waals surface area contributed by atoms with Crippen LogP contribution in [-0.4, -0.2) is 21.1 Å². The fraction of sp³-hybridized carbons (Fsp3) is 0.278. The molecule has 1 saturated carbocycles. The Labute approximate surface area is 151 Å². The third kappa shape index (κ3) is 4.18. The van der Waals surface area contributed by atoms with E-state index in [-0.39, 0.29) is 23.7 Å². The first-order valence-electron chi connectivity index (χ1n) is 8.26. The van der Waals surface area contributed by atoms with Gasteiger partial charge in [-0.2, -0.15) is 0 Å².